The fourth-order valence-electron chi connectivity index (χ4n) is 3.16. The summed E-state index contributed by atoms with van der Waals surface area (Å²) in [6.45, 7) is 0.809. The molecular weight excluding hydrogens is 220 g/mol. The van der Waals surface area contributed by atoms with Crippen molar-refractivity contribution in [3.8, 4) is 0 Å². The van der Waals surface area contributed by atoms with Crippen molar-refractivity contribution in [3.63, 3.8) is 0 Å². The molecule has 3 fully saturated rings. The minimum atomic E-state index is 0.0764. The summed E-state index contributed by atoms with van der Waals surface area (Å²) in [5, 5.41) is 0. The van der Waals surface area contributed by atoms with Crippen LogP contribution in [-0.4, -0.2) is 29.5 Å². The molecule has 0 amide bonds. The molecule has 3 aliphatic rings. The van der Waals surface area contributed by atoms with Gasteiger partial charge in [-0.05, 0) is 37.9 Å². The van der Waals surface area contributed by atoms with Crippen molar-refractivity contribution in [2.45, 2.75) is 44.1 Å². The molecule has 2 saturated heterocycles. The van der Waals surface area contributed by atoms with Crippen molar-refractivity contribution in [2.75, 3.05) is 18.1 Å². The van der Waals surface area contributed by atoms with Crippen LogP contribution in [-0.2, 0) is 9.53 Å². The van der Waals surface area contributed by atoms with Crippen LogP contribution >= 0.6 is 11.8 Å². The van der Waals surface area contributed by atoms with Crippen molar-refractivity contribution < 1.29 is 9.53 Å². The molecule has 0 aromatic heterocycles. The molecule has 0 N–H and O–H groups in total. The van der Waals surface area contributed by atoms with Gasteiger partial charge in [-0.1, -0.05) is 6.42 Å². The molecule has 1 aliphatic carbocycles. The molecule has 2 heterocycles. The molecule has 2 unspecified atom stereocenters. The summed E-state index contributed by atoms with van der Waals surface area (Å²) in [6.07, 6.45) is 6.71. The van der Waals surface area contributed by atoms with Gasteiger partial charge in [0.25, 0.3) is 0 Å². The van der Waals surface area contributed by atoms with E-state index in [-0.39, 0.29) is 5.60 Å². The Morgan fingerprint density at radius 1 is 1.25 bits per heavy atom. The number of hydrogen-bond acceptors (Lipinski definition) is 3. The number of carbonyl (C=O) groups is 1. The van der Waals surface area contributed by atoms with E-state index in [2.05, 4.69) is 0 Å². The molecule has 1 spiro atoms. The lowest BCUT2D eigenvalue weighted by Gasteiger charge is -2.39. The van der Waals surface area contributed by atoms with Crippen LogP contribution in [0.3, 0.4) is 0 Å². The highest BCUT2D eigenvalue weighted by molar-refractivity contribution is 7.99. The summed E-state index contributed by atoms with van der Waals surface area (Å²) in [5.74, 6) is 3.61. The van der Waals surface area contributed by atoms with E-state index in [0.717, 1.165) is 44.5 Å². The lowest BCUT2D eigenvalue weighted by Crippen LogP contribution is -2.44. The molecule has 16 heavy (non-hydrogen) atoms. The van der Waals surface area contributed by atoms with E-state index >= 15 is 0 Å². The van der Waals surface area contributed by atoms with Gasteiger partial charge in [0.1, 0.15) is 5.78 Å². The van der Waals surface area contributed by atoms with E-state index in [0.29, 0.717) is 17.6 Å². The Kier molecular flexibility index (Phi) is 3.01. The van der Waals surface area contributed by atoms with Crippen LogP contribution in [0.5, 0.6) is 0 Å². The van der Waals surface area contributed by atoms with Gasteiger partial charge < -0.3 is 4.74 Å². The highest BCUT2D eigenvalue weighted by Crippen LogP contribution is 2.42. The maximum Gasteiger partial charge on any atom is 0.139 e. The molecule has 0 radical (unpaired) electrons. The highest BCUT2D eigenvalue weighted by atomic mass is 32.2. The van der Waals surface area contributed by atoms with Crippen LogP contribution in [0.1, 0.15) is 38.5 Å². The lowest BCUT2D eigenvalue weighted by atomic mass is 9.73. The van der Waals surface area contributed by atoms with E-state index in [9.17, 15) is 4.79 Å². The quantitative estimate of drug-likeness (QED) is 0.742. The number of carbonyl (C=O) groups excluding carboxylic acids is 1. The van der Waals surface area contributed by atoms with E-state index in [1.54, 1.807) is 0 Å². The number of ketones is 1. The third kappa shape index (κ3) is 1.92. The van der Waals surface area contributed by atoms with Crippen molar-refractivity contribution in [2.24, 2.45) is 11.8 Å². The fraction of sp³-hybridized carbons (Fsp3) is 0.923. The number of hydrogen-bond donors (Lipinski definition) is 0. The van der Waals surface area contributed by atoms with Crippen LogP contribution in [0, 0.1) is 11.8 Å². The van der Waals surface area contributed by atoms with Gasteiger partial charge in [0.15, 0.2) is 0 Å². The number of ether oxygens (including phenoxy) is 1. The molecule has 0 aromatic carbocycles. The Labute approximate surface area is 101 Å². The topological polar surface area (TPSA) is 26.3 Å². The van der Waals surface area contributed by atoms with Crippen LogP contribution in [0.2, 0.25) is 0 Å². The first-order chi connectivity index (χ1) is 7.79. The Morgan fingerprint density at radius 3 is 2.75 bits per heavy atom. The third-order valence-corrected chi connectivity index (χ3v) is 5.69. The largest absolute Gasteiger partial charge is 0.374 e. The molecule has 0 aromatic rings. The molecular formula is C13H20O2S. The summed E-state index contributed by atoms with van der Waals surface area (Å²) < 4.78 is 5.97. The summed E-state index contributed by atoms with van der Waals surface area (Å²) >= 11 is 1.99. The summed E-state index contributed by atoms with van der Waals surface area (Å²) in [7, 11) is 0. The predicted molar refractivity (Wildman–Crippen MR) is 65.7 cm³/mol. The third-order valence-electron chi connectivity index (χ3n) is 4.47. The minimum absolute atomic E-state index is 0.0764. The van der Waals surface area contributed by atoms with Crippen LogP contribution < -0.4 is 0 Å². The Bertz CT molecular complexity index is 280. The van der Waals surface area contributed by atoms with Gasteiger partial charge in [0.2, 0.25) is 0 Å². The second kappa shape index (κ2) is 4.34. The van der Waals surface area contributed by atoms with E-state index in [4.69, 9.17) is 4.74 Å². The monoisotopic (exact) mass is 240 g/mol. The first kappa shape index (κ1) is 11.1. The maximum absolute atomic E-state index is 12.3. The molecule has 2 nitrogen and oxygen atoms in total. The standard InChI is InChI=1S/C13H20O2S/c14-12(10-2-1-3-10)11-4-6-15-13(8-11)5-7-16-9-13/h10-11H,1-9H2. The van der Waals surface area contributed by atoms with Crippen molar-refractivity contribution in [1.82, 2.24) is 0 Å². The zero-order valence-corrected chi connectivity index (χ0v) is 10.6. The smallest absolute Gasteiger partial charge is 0.139 e. The highest BCUT2D eigenvalue weighted by Gasteiger charge is 2.44. The van der Waals surface area contributed by atoms with Crippen LogP contribution in [0.25, 0.3) is 0 Å². The van der Waals surface area contributed by atoms with Gasteiger partial charge in [-0.25, -0.2) is 0 Å². The summed E-state index contributed by atoms with van der Waals surface area (Å²) in [6, 6.07) is 0. The fourth-order valence-corrected chi connectivity index (χ4v) is 4.54. The normalized spacial score (nSPS) is 39.9. The zero-order valence-electron chi connectivity index (χ0n) is 9.74. The second-order valence-electron chi connectivity index (χ2n) is 5.55. The van der Waals surface area contributed by atoms with Crippen molar-refractivity contribution in [1.29, 1.82) is 0 Å². The molecule has 0 bridgehead atoms. The SMILES string of the molecule is O=C(C1CCC1)C1CCOC2(CCSC2)C1. The first-order valence-corrected chi connectivity index (χ1v) is 7.70. The van der Waals surface area contributed by atoms with E-state index < -0.39 is 0 Å². The Balaban J connectivity index is 1.64. The molecule has 1 saturated carbocycles. The Hall–Kier alpha value is -0.0200. The van der Waals surface area contributed by atoms with Crippen molar-refractivity contribution in [3.05, 3.63) is 0 Å². The van der Waals surface area contributed by atoms with E-state index in [1.807, 2.05) is 11.8 Å². The molecule has 3 heteroatoms. The number of thioether (sulfide) groups is 1. The number of rotatable bonds is 2. The number of Topliss-reactive ketones (excluding diaryl/α,β-unsaturated/α-hetero) is 1. The lowest BCUT2D eigenvalue weighted by molar-refractivity contribution is -0.140. The van der Waals surface area contributed by atoms with Crippen LogP contribution in [0.4, 0.5) is 0 Å². The first-order valence-electron chi connectivity index (χ1n) is 6.55. The van der Waals surface area contributed by atoms with Gasteiger partial charge >= 0.3 is 0 Å². The molecule has 90 valence electrons. The molecule has 3 rings (SSSR count). The van der Waals surface area contributed by atoms with Gasteiger partial charge in [-0.2, -0.15) is 11.8 Å². The minimum Gasteiger partial charge on any atom is -0.374 e. The second-order valence-corrected chi connectivity index (χ2v) is 6.66. The molecule has 2 aliphatic heterocycles. The Morgan fingerprint density at radius 2 is 2.12 bits per heavy atom. The van der Waals surface area contributed by atoms with Gasteiger partial charge in [-0.3, -0.25) is 4.79 Å². The van der Waals surface area contributed by atoms with Gasteiger partial charge in [0.05, 0.1) is 5.60 Å². The maximum atomic E-state index is 12.3. The zero-order chi connectivity index (χ0) is 11.0. The van der Waals surface area contributed by atoms with Crippen LogP contribution in [0.15, 0.2) is 0 Å². The summed E-state index contributed by atoms with van der Waals surface area (Å²) in [5.41, 5.74) is 0.0764. The van der Waals surface area contributed by atoms with E-state index in [1.165, 1.54) is 12.2 Å². The predicted octanol–water partition coefficient (Wildman–Crippen LogP) is 2.66. The van der Waals surface area contributed by atoms with Gasteiger partial charge in [-0.15, -0.1) is 0 Å². The summed E-state index contributed by atoms with van der Waals surface area (Å²) in [4.78, 5) is 12.3. The average Bonchev–Trinajstić information content (AvgIpc) is 2.64. The average molecular weight is 240 g/mol. The van der Waals surface area contributed by atoms with Crippen molar-refractivity contribution >= 4 is 17.5 Å². The van der Waals surface area contributed by atoms with Gasteiger partial charge in [0, 0.05) is 24.2 Å². The molecule has 2 atom stereocenters.